The second kappa shape index (κ2) is 5.65. The van der Waals surface area contributed by atoms with Gasteiger partial charge in [-0.05, 0) is 13.8 Å². The van der Waals surface area contributed by atoms with Crippen molar-refractivity contribution in [3.63, 3.8) is 0 Å². The third-order valence-corrected chi connectivity index (χ3v) is 4.12. The van der Waals surface area contributed by atoms with Gasteiger partial charge in [0.25, 0.3) is 5.56 Å². The van der Waals surface area contributed by atoms with E-state index in [1.54, 1.807) is 13.8 Å². The van der Waals surface area contributed by atoms with Gasteiger partial charge in [0, 0.05) is 20.2 Å². The molecule has 2 heterocycles. The van der Waals surface area contributed by atoms with Crippen LogP contribution in [0.15, 0.2) is 15.7 Å². The molecule has 2 aromatic rings. The van der Waals surface area contributed by atoms with Crippen LogP contribution in [0.1, 0.15) is 26.1 Å². The number of rotatable bonds is 3. The van der Waals surface area contributed by atoms with Crippen molar-refractivity contribution in [1.82, 2.24) is 14.1 Å². The van der Waals surface area contributed by atoms with Gasteiger partial charge in [-0.1, -0.05) is 0 Å². The number of aryl methyl sites for hydroxylation is 2. The maximum Gasteiger partial charge on any atom is 0.350 e. The fraction of sp³-hybridized carbons (Fsp3) is 0.385. The molecule has 7 nitrogen and oxygen atoms in total. The topological polar surface area (TPSA) is 83.2 Å². The molecule has 2 rings (SSSR count). The number of nitrogens with zero attached hydrogens (tertiary/aromatic N) is 3. The van der Waals surface area contributed by atoms with E-state index in [1.165, 1.54) is 36.1 Å². The van der Waals surface area contributed by atoms with Crippen LogP contribution in [0.5, 0.6) is 0 Å². The van der Waals surface area contributed by atoms with Crippen molar-refractivity contribution in [2.75, 3.05) is 0 Å². The summed E-state index contributed by atoms with van der Waals surface area (Å²) in [5, 5.41) is 0.778. The van der Waals surface area contributed by atoms with E-state index in [4.69, 9.17) is 4.74 Å². The van der Waals surface area contributed by atoms with Crippen LogP contribution in [0.25, 0.3) is 0 Å². The van der Waals surface area contributed by atoms with Crippen molar-refractivity contribution >= 4 is 17.3 Å². The minimum Gasteiger partial charge on any atom is -0.455 e. The van der Waals surface area contributed by atoms with Crippen LogP contribution in [-0.2, 0) is 25.4 Å². The van der Waals surface area contributed by atoms with Crippen LogP contribution in [0.3, 0.4) is 0 Å². The molecule has 21 heavy (non-hydrogen) atoms. The van der Waals surface area contributed by atoms with Crippen molar-refractivity contribution in [3.8, 4) is 0 Å². The van der Waals surface area contributed by atoms with Crippen LogP contribution in [-0.4, -0.2) is 20.1 Å². The lowest BCUT2D eigenvalue weighted by Crippen LogP contribution is -2.38. The number of carbonyl (C=O) groups excluding carboxylic acids is 1. The number of aromatic nitrogens is 3. The van der Waals surface area contributed by atoms with E-state index in [2.05, 4.69) is 4.98 Å². The molecule has 0 radical (unpaired) electrons. The molecule has 0 amide bonds. The van der Waals surface area contributed by atoms with E-state index in [0.717, 1.165) is 9.57 Å². The molecule has 0 aliphatic rings. The normalized spacial score (nSPS) is 10.7. The molecule has 0 aromatic carbocycles. The minimum absolute atomic E-state index is 0.142. The molecule has 8 heteroatoms. The molecule has 0 unspecified atom stereocenters. The minimum atomic E-state index is -0.508. The summed E-state index contributed by atoms with van der Waals surface area (Å²) in [6.45, 7) is 3.39. The van der Waals surface area contributed by atoms with Gasteiger partial charge in [0.2, 0.25) is 0 Å². The molecule has 0 spiro atoms. The summed E-state index contributed by atoms with van der Waals surface area (Å²) < 4.78 is 7.43. The molecule has 0 aliphatic heterocycles. The van der Waals surface area contributed by atoms with E-state index in [1.807, 2.05) is 0 Å². The van der Waals surface area contributed by atoms with Crippen LogP contribution in [0.4, 0.5) is 0 Å². The van der Waals surface area contributed by atoms with E-state index in [-0.39, 0.29) is 6.61 Å². The average Bonchev–Trinajstić information content (AvgIpc) is 2.77. The fourth-order valence-electron chi connectivity index (χ4n) is 1.84. The highest BCUT2D eigenvalue weighted by molar-refractivity contribution is 7.13. The van der Waals surface area contributed by atoms with Crippen LogP contribution in [0.2, 0.25) is 0 Å². The Hall–Kier alpha value is -2.22. The Morgan fingerprint density at radius 3 is 2.52 bits per heavy atom. The summed E-state index contributed by atoms with van der Waals surface area (Å²) in [5.41, 5.74) is 0.0584. The molecule has 0 fully saturated rings. The highest BCUT2D eigenvalue weighted by Gasteiger charge is 2.16. The summed E-state index contributed by atoms with van der Waals surface area (Å²) in [7, 11) is 2.91. The van der Waals surface area contributed by atoms with E-state index in [9.17, 15) is 14.4 Å². The summed E-state index contributed by atoms with van der Waals surface area (Å²) >= 11 is 1.25. The monoisotopic (exact) mass is 309 g/mol. The van der Waals surface area contributed by atoms with Gasteiger partial charge >= 0.3 is 11.7 Å². The van der Waals surface area contributed by atoms with E-state index in [0.29, 0.717) is 16.3 Å². The third kappa shape index (κ3) is 2.94. The Kier molecular flexibility index (Phi) is 4.08. The number of hydrogen-bond donors (Lipinski definition) is 0. The van der Waals surface area contributed by atoms with Gasteiger partial charge in [-0.3, -0.25) is 13.9 Å². The second-order valence-corrected chi connectivity index (χ2v) is 5.80. The van der Waals surface area contributed by atoms with Gasteiger partial charge in [0.15, 0.2) is 0 Å². The number of hydrogen-bond acceptors (Lipinski definition) is 6. The Morgan fingerprint density at radius 2 is 1.95 bits per heavy atom. The summed E-state index contributed by atoms with van der Waals surface area (Å²) in [6, 6.07) is 1.28. The largest absolute Gasteiger partial charge is 0.455 e. The van der Waals surface area contributed by atoms with Gasteiger partial charge < -0.3 is 4.74 Å². The summed E-state index contributed by atoms with van der Waals surface area (Å²) in [5.74, 6) is -0.508. The molecular weight excluding hydrogens is 294 g/mol. The first-order valence-corrected chi connectivity index (χ1v) is 7.00. The number of thiazole rings is 1. The molecule has 0 saturated carbocycles. The Balaban J connectivity index is 2.21. The predicted molar refractivity (Wildman–Crippen MR) is 77.6 cm³/mol. The number of ether oxygens (including phenoxy) is 1. The molecule has 0 aliphatic carbocycles. The van der Waals surface area contributed by atoms with Gasteiger partial charge in [0.1, 0.15) is 11.5 Å². The lowest BCUT2D eigenvalue weighted by Gasteiger charge is -2.09. The molecule has 0 saturated heterocycles. The zero-order valence-electron chi connectivity index (χ0n) is 12.2. The Morgan fingerprint density at radius 1 is 1.29 bits per heavy atom. The van der Waals surface area contributed by atoms with Crippen molar-refractivity contribution < 1.29 is 9.53 Å². The number of carbonyl (C=O) groups is 1. The molecule has 2 aromatic heterocycles. The molecule has 0 atom stereocenters. The third-order valence-electron chi connectivity index (χ3n) is 3.07. The first-order valence-electron chi connectivity index (χ1n) is 6.18. The molecule has 0 N–H and O–H groups in total. The predicted octanol–water partition coefficient (Wildman–Crippen LogP) is 0.514. The summed E-state index contributed by atoms with van der Waals surface area (Å²) in [6.07, 6.45) is 0. The van der Waals surface area contributed by atoms with Crippen molar-refractivity contribution in [2.45, 2.75) is 20.5 Å². The molecule has 0 bridgehead atoms. The van der Waals surface area contributed by atoms with E-state index >= 15 is 0 Å². The van der Waals surface area contributed by atoms with Crippen LogP contribution in [0, 0.1) is 13.8 Å². The highest BCUT2D eigenvalue weighted by atomic mass is 32.1. The average molecular weight is 309 g/mol. The SMILES string of the molecule is Cc1nc(C)c(C(=O)OCc2cc(=O)n(C)c(=O)n2C)s1. The maximum absolute atomic E-state index is 12.0. The summed E-state index contributed by atoms with van der Waals surface area (Å²) in [4.78, 5) is 39.9. The van der Waals surface area contributed by atoms with Crippen LogP contribution < -0.4 is 11.2 Å². The van der Waals surface area contributed by atoms with Gasteiger partial charge in [0.05, 0.1) is 16.4 Å². The standard InChI is InChI=1S/C13H15N3O4S/c1-7-11(21-8(2)14-7)12(18)20-6-9-5-10(17)16(4)13(19)15(9)3/h5H,6H2,1-4H3. The lowest BCUT2D eigenvalue weighted by atomic mass is 10.4. The maximum atomic E-state index is 12.0. The Labute approximate surface area is 124 Å². The number of esters is 1. The zero-order chi connectivity index (χ0) is 15.7. The van der Waals surface area contributed by atoms with Crippen molar-refractivity contribution in [3.05, 3.63) is 48.2 Å². The highest BCUT2D eigenvalue weighted by Crippen LogP contribution is 2.18. The van der Waals surface area contributed by atoms with Crippen molar-refractivity contribution in [1.29, 1.82) is 0 Å². The first kappa shape index (κ1) is 15.2. The lowest BCUT2D eigenvalue weighted by molar-refractivity contribution is 0.0467. The van der Waals surface area contributed by atoms with Crippen LogP contribution >= 0.6 is 11.3 Å². The zero-order valence-corrected chi connectivity index (χ0v) is 13.0. The molecular formula is C13H15N3O4S. The van der Waals surface area contributed by atoms with E-state index < -0.39 is 17.2 Å². The van der Waals surface area contributed by atoms with Gasteiger partial charge in [-0.2, -0.15) is 0 Å². The smallest absolute Gasteiger partial charge is 0.350 e. The van der Waals surface area contributed by atoms with Gasteiger partial charge in [-0.15, -0.1) is 11.3 Å². The molecule has 112 valence electrons. The Bertz CT molecular complexity index is 816. The quantitative estimate of drug-likeness (QED) is 0.772. The van der Waals surface area contributed by atoms with Crippen molar-refractivity contribution in [2.24, 2.45) is 14.1 Å². The first-order chi connectivity index (χ1) is 9.81. The second-order valence-electron chi connectivity index (χ2n) is 4.60. The van der Waals surface area contributed by atoms with Gasteiger partial charge in [-0.25, -0.2) is 14.6 Å². The fourth-order valence-corrected chi connectivity index (χ4v) is 2.66.